The van der Waals surface area contributed by atoms with Crippen LogP contribution in [0.3, 0.4) is 0 Å². The Morgan fingerprint density at radius 2 is 1.80 bits per heavy atom. The molecule has 0 N–H and O–H groups in total. The Hall–Kier alpha value is -0.680. The van der Waals surface area contributed by atoms with Crippen molar-refractivity contribution in [2.45, 2.75) is 25.9 Å². The number of halogens is 1. The molecule has 2 heterocycles. The maximum Gasteiger partial charge on any atom is 0.162 e. The van der Waals surface area contributed by atoms with Crippen LogP contribution in [0.15, 0.2) is 29.6 Å². The molecule has 0 bridgehead atoms. The van der Waals surface area contributed by atoms with Gasteiger partial charge in [0.1, 0.15) is 0 Å². The van der Waals surface area contributed by atoms with Crippen LogP contribution < -0.4 is 0 Å². The Morgan fingerprint density at radius 1 is 1.10 bits per heavy atom. The molecule has 3 rings (SSSR count). The van der Waals surface area contributed by atoms with Gasteiger partial charge in [-0.1, -0.05) is 30.2 Å². The van der Waals surface area contributed by atoms with Crippen LogP contribution in [-0.4, -0.2) is 22.6 Å². The second-order valence-electron chi connectivity index (χ2n) is 5.14. The summed E-state index contributed by atoms with van der Waals surface area (Å²) in [6.45, 7) is 3.26. The van der Waals surface area contributed by atoms with E-state index in [2.05, 4.69) is 27.0 Å². The Balaban J connectivity index is 1.88. The molecule has 1 saturated heterocycles. The maximum absolute atomic E-state index is 5.97. The van der Waals surface area contributed by atoms with Gasteiger partial charge in [-0.15, -0.1) is 11.3 Å². The number of likely N-dealkylation sites (tertiary alicyclic amines) is 1. The van der Waals surface area contributed by atoms with Gasteiger partial charge in [0.05, 0.1) is 12.4 Å². The van der Waals surface area contributed by atoms with Crippen LogP contribution in [0.4, 0.5) is 0 Å². The topological polar surface area (TPSA) is 8.17 Å². The van der Waals surface area contributed by atoms with E-state index in [1.165, 1.54) is 43.6 Å². The molecule has 0 aliphatic carbocycles. The van der Waals surface area contributed by atoms with Crippen LogP contribution in [0.1, 0.15) is 19.3 Å². The van der Waals surface area contributed by atoms with Gasteiger partial charge < -0.3 is 4.57 Å². The van der Waals surface area contributed by atoms with Crippen molar-refractivity contribution in [2.24, 2.45) is 0 Å². The summed E-state index contributed by atoms with van der Waals surface area (Å²) in [6.07, 6.45) is 3.96. The molecule has 0 saturated carbocycles. The molecule has 0 radical (unpaired) electrons. The first-order valence-corrected chi connectivity index (χ1v) is 8.57. The van der Waals surface area contributed by atoms with Gasteiger partial charge in [-0.2, -0.15) is 0 Å². The molecule has 5 heteroatoms. The van der Waals surface area contributed by atoms with E-state index in [0.717, 1.165) is 15.6 Å². The number of benzene rings is 1. The van der Waals surface area contributed by atoms with Crippen molar-refractivity contribution in [3.63, 3.8) is 0 Å². The maximum atomic E-state index is 5.97. The highest BCUT2D eigenvalue weighted by Gasteiger charge is 2.14. The lowest BCUT2D eigenvalue weighted by Gasteiger charge is -2.27. The van der Waals surface area contributed by atoms with Crippen molar-refractivity contribution in [1.82, 2.24) is 9.47 Å². The summed E-state index contributed by atoms with van der Waals surface area (Å²) in [5.41, 5.74) is 2.38. The van der Waals surface area contributed by atoms with Crippen LogP contribution in [0.2, 0.25) is 5.02 Å². The number of aromatic nitrogens is 1. The average Bonchev–Trinajstić information content (AvgIpc) is 2.83. The molecule has 20 heavy (non-hydrogen) atoms. The Morgan fingerprint density at radius 3 is 2.50 bits per heavy atom. The largest absolute Gasteiger partial charge is 0.309 e. The van der Waals surface area contributed by atoms with E-state index in [0.29, 0.717) is 0 Å². The smallest absolute Gasteiger partial charge is 0.162 e. The number of nitrogens with zero attached hydrogens (tertiary/aromatic N) is 2. The van der Waals surface area contributed by atoms with E-state index in [9.17, 15) is 0 Å². The summed E-state index contributed by atoms with van der Waals surface area (Å²) >= 11 is 13.1. The Bertz CT molecular complexity index is 624. The van der Waals surface area contributed by atoms with Crippen molar-refractivity contribution >= 4 is 35.2 Å². The van der Waals surface area contributed by atoms with E-state index in [1.807, 2.05) is 12.1 Å². The van der Waals surface area contributed by atoms with Crippen LogP contribution in [0.25, 0.3) is 11.3 Å². The van der Waals surface area contributed by atoms with Gasteiger partial charge in [0.2, 0.25) is 0 Å². The zero-order chi connectivity index (χ0) is 13.9. The van der Waals surface area contributed by atoms with Crippen LogP contribution in [0.5, 0.6) is 0 Å². The Labute approximate surface area is 133 Å². The minimum atomic E-state index is 0.769. The molecule has 1 aromatic heterocycles. The lowest BCUT2D eigenvalue weighted by atomic mass is 10.1. The second kappa shape index (κ2) is 6.39. The van der Waals surface area contributed by atoms with Gasteiger partial charge >= 0.3 is 0 Å². The molecule has 1 aliphatic heterocycles. The normalized spacial score (nSPS) is 16.4. The number of rotatable bonds is 3. The van der Waals surface area contributed by atoms with E-state index < -0.39 is 0 Å². The fraction of sp³-hybridized carbons (Fsp3) is 0.400. The van der Waals surface area contributed by atoms with Gasteiger partial charge in [0.25, 0.3) is 0 Å². The Kier molecular flexibility index (Phi) is 4.56. The third-order valence-corrected chi connectivity index (χ3v) is 5.24. The number of piperidine rings is 1. The summed E-state index contributed by atoms with van der Waals surface area (Å²) in [5, 5.41) is 2.92. The first-order chi connectivity index (χ1) is 9.74. The highest BCUT2D eigenvalue weighted by atomic mass is 35.5. The fourth-order valence-electron chi connectivity index (χ4n) is 2.61. The molecule has 106 valence electrons. The van der Waals surface area contributed by atoms with Crippen LogP contribution >= 0.6 is 35.2 Å². The van der Waals surface area contributed by atoms with Gasteiger partial charge in [-0.05, 0) is 55.8 Å². The van der Waals surface area contributed by atoms with Crippen molar-refractivity contribution in [2.75, 3.05) is 13.1 Å². The predicted molar refractivity (Wildman–Crippen MR) is 89.0 cm³/mol. The summed E-state index contributed by atoms with van der Waals surface area (Å²) in [5.74, 6) is 0. The lowest BCUT2D eigenvalue weighted by Crippen LogP contribution is -2.31. The third kappa shape index (κ3) is 3.14. The zero-order valence-corrected chi connectivity index (χ0v) is 13.6. The van der Waals surface area contributed by atoms with Gasteiger partial charge in [-0.3, -0.25) is 4.90 Å². The predicted octanol–water partition coefficient (Wildman–Crippen LogP) is 5.04. The zero-order valence-electron chi connectivity index (χ0n) is 11.2. The van der Waals surface area contributed by atoms with E-state index in [1.54, 1.807) is 11.3 Å². The van der Waals surface area contributed by atoms with Crippen molar-refractivity contribution in [3.05, 3.63) is 38.6 Å². The van der Waals surface area contributed by atoms with Gasteiger partial charge in [-0.25, -0.2) is 0 Å². The van der Waals surface area contributed by atoms with Crippen molar-refractivity contribution in [1.29, 1.82) is 0 Å². The third-order valence-electron chi connectivity index (χ3n) is 3.71. The molecule has 0 unspecified atom stereocenters. The van der Waals surface area contributed by atoms with Crippen molar-refractivity contribution in [3.8, 4) is 11.3 Å². The lowest BCUT2D eigenvalue weighted by molar-refractivity contribution is 0.183. The molecule has 0 spiro atoms. The second-order valence-corrected chi connectivity index (χ2v) is 7.08. The van der Waals surface area contributed by atoms with E-state index >= 15 is 0 Å². The highest BCUT2D eigenvalue weighted by Crippen LogP contribution is 2.26. The number of hydrogen-bond donors (Lipinski definition) is 0. The first kappa shape index (κ1) is 14.3. The van der Waals surface area contributed by atoms with Gasteiger partial charge in [0.15, 0.2) is 3.95 Å². The molecule has 2 aromatic rings. The molecule has 0 amide bonds. The SMILES string of the molecule is S=c1scc(-c2ccc(Cl)cc2)n1CN1CCCCC1. The van der Waals surface area contributed by atoms with E-state index in [-0.39, 0.29) is 0 Å². The van der Waals surface area contributed by atoms with E-state index in [4.69, 9.17) is 23.8 Å². The fourth-order valence-corrected chi connectivity index (χ4v) is 3.80. The molecule has 1 aromatic carbocycles. The molecular formula is C15H17ClN2S2. The molecular weight excluding hydrogens is 308 g/mol. The standard InChI is InChI=1S/C15H17ClN2S2/c16-13-6-4-12(5-7-13)14-10-20-15(19)18(14)11-17-8-2-1-3-9-17/h4-7,10H,1-3,8-9,11H2. The van der Waals surface area contributed by atoms with Gasteiger partial charge in [0, 0.05) is 10.4 Å². The van der Waals surface area contributed by atoms with Crippen LogP contribution in [-0.2, 0) is 6.67 Å². The number of thiazole rings is 1. The summed E-state index contributed by atoms with van der Waals surface area (Å²) in [4.78, 5) is 2.49. The van der Waals surface area contributed by atoms with Crippen molar-refractivity contribution < 1.29 is 0 Å². The summed E-state index contributed by atoms with van der Waals surface area (Å²) in [6, 6.07) is 7.99. The number of hydrogen-bond acceptors (Lipinski definition) is 3. The molecule has 0 atom stereocenters. The minimum Gasteiger partial charge on any atom is -0.309 e. The molecule has 1 fully saturated rings. The highest BCUT2D eigenvalue weighted by molar-refractivity contribution is 7.73. The monoisotopic (exact) mass is 324 g/mol. The summed E-state index contributed by atoms with van der Waals surface area (Å²) < 4.78 is 3.19. The average molecular weight is 325 g/mol. The quantitative estimate of drug-likeness (QED) is 0.731. The molecule has 2 nitrogen and oxygen atoms in total. The minimum absolute atomic E-state index is 0.769. The summed E-state index contributed by atoms with van der Waals surface area (Å²) in [7, 11) is 0. The van der Waals surface area contributed by atoms with Crippen LogP contribution in [0, 0.1) is 3.95 Å². The molecule has 1 aliphatic rings. The first-order valence-electron chi connectivity index (χ1n) is 6.91.